The van der Waals surface area contributed by atoms with Gasteiger partial charge in [0.2, 0.25) is 5.91 Å². The smallest absolute Gasteiger partial charge is 0.325 e. The molecule has 0 radical (unpaired) electrons. The third-order valence-electron chi connectivity index (χ3n) is 5.51. The van der Waals surface area contributed by atoms with Crippen LogP contribution in [0.4, 0.5) is 0 Å². The van der Waals surface area contributed by atoms with Crippen molar-refractivity contribution in [1.82, 2.24) is 5.32 Å². The van der Waals surface area contributed by atoms with Gasteiger partial charge in [0.05, 0.1) is 19.8 Å². The normalized spacial score (nSPS) is 38.3. The first-order valence-corrected chi connectivity index (χ1v) is 11.5. The Morgan fingerprint density at radius 2 is 1.50 bits per heavy atom. The summed E-state index contributed by atoms with van der Waals surface area (Å²) in [5.74, 6) is -1.35. The van der Waals surface area contributed by atoms with Gasteiger partial charge in [-0.2, -0.15) is 0 Å². The van der Waals surface area contributed by atoms with Gasteiger partial charge in [-0.05, 0) is 20.8 Å². The minimum absolute atomic E-state index is 0.434. The van der Waals surface area contributed by atoms with E-state index in [0.717, 1.165) is 0 Å². The number of rotatable bonds is 9. The molecule has 15 heteroatoms. The van der Waals surface area contributed by atoms with Crippen LogP contribution in [-0.2, 0) is 33.3 Å². The zero-order valence-corrected chi connectivity index (χ0v) is 20.6. The Hall–Kier alpha value is -1.50. The van der Waals surface area contributed by atoms with Crippen LogP contribution in [0.1, 0.15) is 27.7 Å². The summed E-state index contributed by atoms with van der Waals surface area (Å²) in [5.41, 5.74) is 5.04. The SMILES string of the molecule is CC(=O)N[C@H]1[C@@H](OC[C@H](N)C(=O)OC(C)(C)C)O[C@H](CO)[C@H](O)[C@@H]1O[C@@H]1O[C@H](CO)[C@H](O)[C@H](O)[C@H]1O. The fourth-order valence-electron chi connectivity index (χ4n) is 3.74. The van der Waals surface area contributed by atoms with Crippen LogP contribution in [-0.4, -0.2) is 135 Å². The molecule has 1 amide bonds. The zero-order chi connectivity index (χ0) is 27.4. The summed E-state index contributed by atoms with van der Waals surface area (Å²) < 4.78 is 27.4. The van der Waals surface area contributed by atoms with Gasteiger partial charge in [0.25, 0.3) is 0 Å². The third-order valence-corrected chi connectivity index (χ3v) is 5.51. The molecule has 9 N–H and O–H groups in total. The zero-order valence-electron chi connectivity index (χ0n) is 20.6. The van der Waals surface area contributed by atoms with E-state index >= 15 is 0 Å². The molecule has 11 atom stereocenters. The molecular formula is C21H38N2O13. The second kappa shape index (κ2) is 12.8. The molecular weight excluding hydrogens is 488 g/mol. The lowest BCUT2D eigenvalue weighted by molar-refractivity contribution is -0.345. The maximum Gasteiger partial charge on any atom is 0.325 e. The third kappa shape index (κ3) is 7.75. The number of nitrogens with one attached hydrogen (secondary N) is 1. The predicted octanol–water partition coefficient (Wildman–Crippen LogP) is -4.56. The van der Waals surface area contributed by atoms with Gasteiger partial charge in [0.1, 0.15) is 60.4 Å². The number of esters is 1. The summed E-state index contributed by atoms with van der Waals surface area (Å²) in [4.78, 5) is 24.1. The summed E-state index contributed by atoms with van der Waals surface area (Å²) >= 11 is 0. The van der Waals surface area contributed by atoms with E-state index in [0.29, 0.717) is 0 Å². The second-order valence-electron chi connectivity index (χ2n) is 9.71. The van der Waals surface area contributed by atoms with Crippen molar-refractivity contribution in [3.8, 4) is 0 Å². The molecule has 15 nitrogen and oxygen atoms in total. The van der Waals surface area contributed by atoms with E-state index in [4.69, 9.17) is 29.4 Å². The number of aliphatic hydroxyl groups is 6. The van der Waals surface area contributed by atoms with Crippen molar-refractivity contribution >= 4 is 11.9 Å². The van der Waals surface area contributed by atoms with Gasteiger partial charge in [-0.1, -0.05) is 0 Å². The first-order valence-electron chi connectivity index (χ1n) is 11.5. The largest absolute Gasteiger partial charge is 0.459 e. The maximum atomic E-state index is 12.2. The molecule has 0 bridgehead atoms. The van der Waals surface area contributed by atoms with E-state index in [9.17, 15) is 40.2 Å². The van der Waals surface area contributed by atoms with E-state index in [1.54, 1.807) is 20.8 Å². The van der Waals surface area contributed by atoms with E-state index in [-0.39, 0.29) is 0 Å². The number of carbonyl (C=O) groups is 2. The van der Waals surface area contributed by atoms with Gasteiger partial charge < -0.3 is 65.4 Å². The van der Waals surface area contributed by atoms with Crippen LogP contribution in [0.5, 0.6) is 0 Å². The molecule has 0 unspecified atom stereocenters. The molecule has 0 aliphatic carbocycles. The molecule has 2 heterocycles. The van der Waals surface area contributed by atoms with Crippen LogP contribution in [0.25, 0.3) is 0 Å². The van der Waals surface area contributed by atoms with Crippen molar-refractivity contribution in [1.29, 1.82) is 0 Å². The monoisotopic (exact) mass is 526 g/mol. The molecule has 0 aromatic heterocycles. The van der Waals surface area contributed by atoms with Crippen molar-refractivity contribution in [2.45, 2.75) is 101 Å². The molecule has 210 valence electrons. The predicted molar refractivity (Wildman–Crippen MR) is 118 cm³/mol. The van der Waals surface area contributed by atoms with Crippen LogP contribution in [0, 0.1) is 0 Å². The van der Waals surface area contributed by atoms with Crippen LogP contribution in [0.2, 0.25) is 0 Å². The lowest BCUT2D eigenvalue weighted by Crippen LogP contribution is -2.68. The van der Waals surface area contributed by atoms with E-state index in [1.165, 1.54) is 6.92 Å². The van der Waals surface area contributed by atoms with E-state index in [1.807, 2.05) is 0 Å². The molecule has 2 aliphatic rings. The number of carbonyl (C=O) groups excluding carboxylic acids is 2. The minimum Gasteiger partial charge on any atom is -0.459 e. The van der Waals surface area contributed by atoms with Crippen molar-refractivity contribution in [2.24, 2.45) is 5.73 Å². The quantitative estimate of drug-likeness (QED) is 0.132. The highest BCUT2D eigenvalue weighted by molar-refractivity contribution is 5.76. The molecule has 2 saturated heterocycles. The average Bonchev–Trinajstić information content (AvgIpc) is 2.79. The fourth-order valence-corrected chi connectivity index (χ4v) is 3.74. The molecule has 0 spiro atoms. The first-order chi connectivity index (χ1) is 16.7. The summed E-state index contributed by atoms with van der Waals surface area (Å²) in [6.07, 6.45) is -13.9. The fraction of sp³-hybridized carbons (Fsp3) is 0.905. The summed E-state index contributed by atoms with van der Waals surface area (Å²) in [6, 6.07) is -2.52. The average molecular weight is 527 g/mol. The van der Waals surface area contributed by atoms with Crippen molar-refractivity contribution in [2.75, 3.05) is 19.8 Å². The Labute approximate surface area is 208 Å². The van der Waals surface area contributed by atoms with Gasteiger partial charge in [-0.15, -0.1) is 0 Å². The standard InChI is InChI=1S/C21H38N2O13/c1-8(26)23-12-17(35-20-16(30)15(29)13(27)10(5-24)34-20)14(28)11(6-25)33-19(12)32-7-9(22)18(31)36-21(2,3)4/h9-17,19-20,24-25,27-30H,5-7,22H2,1-4H3,(H,23,26)/t9-,10+,11+,12+,13-,14-,15-,16+,17+,19-,20-/m0/s1. The van der Waals surface area contributed by atoms with E-state index < -0.39 is 105 Å². The lowest BCUT2D eigenvalue weighted by atomic mass is 9.95. The summed E-state index contributed by atoms with van der Waals surface area (Å²) in [7, 11) is 0. The molecule has 0 saturated carbocycles. The molecule has 2 fully saturated rings. The second-order valence-corrected chi connectivity index (χ2v) is 9.71. The highest BCUT2D eigenvalue weighted by atomic mass is 16.7. The Morgan fingerprint density at radius 1 is 0.944 bits per heavy atom. The topological polar surface area (TPSA) is 240 Å². The molecule has 36 heavy (non-hydrogen) atoms. The van der Waals surface area contributed by atoms with Gasteiger partial charge in [0, 0.05) is 6.92 Å². The Bertz CT molecular complexity index is 733. The number of ether oxygens (including phenoxy) is 5. The number of hydrogen-bond acceptors (Lipinski definition) is 14. The van der Waals surface area contributed by atoms with Crippen molar-refractivity contribution in [3.05, 3.63) is 0 Å². The van der Waals surface area contributed by atoms with Crippen LogP contribution >= 0.6 is 0 Å². The van der Waals surface area contributed by atoms with E-state index in [2.05, 4.69) is 5.32 Å². The Morgan fingerprint density at radius 3 is 2.03 bits per heavy atom. The van der Waals surface area contributed by atoms with Crippen LogP contribution in [0.15, 0.2) is 0 Å². The minimum atomic E-state index is -1.80. The Balaban J connectivity index is 2.24. The van der Waals surface area contributed by atoms with Gasteiger partial charge >= 0.3 is 5.97 Å². The van der Waals surface area contributed by atoms with Gasteiger partial charge in [-0.25, -0.2) is 0 Å². The van der Waals surface area contributed by atoms with Crippen LogP contribution in [0.3, 0.4) is 0 Å². The van der Waals surface area contributed by atoms with Gasteiger partial charge in [0.15, 0.2) is 12.6 Å². The lowest BCUT2D eigenvalue weighted by Gasteiger charge is -2.47. The Kier molecular flexibility index (Phi) is 11.0. The molecule has 2 aliphatic heterocycles. The molecule has 2 rings (SSSR count). The molecule has 0 aromatic carbocycles. The number of amides is 1. The summed E-state index contributed by atoms with van der Waals surface area (Å²) in [6.45, 7) is 4.27. The molecule has 0 aromatic rings. The maximum absolute atomic E-state index is 12.2. The highest BCUT2D eigenvalue weighted by Gasteiger charge is 2.51. The highest BCUT2D eigenvalue weighted by Crippen LogP contribution is 2.29. The first kappa shape index (κ1) is 30.7. The van der Waals surface area contributed by atoms with Crippen LogP contribution < -0.4 is 11.1 Å². The summed E-state index contributed by atoms with van der Waals surface area (Å²) in [5, 5.41) is 62.7. The number of nitrogens with two attached hydrogens (primary N) is 1. The number of aliphatic hydroxyl groups excluding tert-OH is 6. The number of hydrogen-bond donors (Lipinski definition) is 8. The van der Waals surface area contributed by atoms with Crippen molar-refractivity contribution < 1.29 is 63.9 Å². The van der Waals surface area contributed by atoms with Crippen molar-refractivity contribution in [3.63, 3.8) is 0 Å². The van der Waals surface area contributed by atoms with Gasteiger partial charge in [-0.3, -0.25) is 9.59 Å².